The van der Waals surface area contributed by atoms with Crippen LogP contribution in [0, 0.1) is 22.7 Å². The SMILES string of the molecule is CCCC(O)CCOCCOCCOCCNC(=O)C#CC(=O)NCCOCCOCCOCCC(O)(C(C)(C)C)C(C)(C)C. The van der Waals surface area contributed by atoms with Crippen molar-refractivity contribution in [2.45, 2.75) is 85.9 Å². The maximum Gasteiger partial charge on any atom is 0.296 e. The fourth-order valence-electron chi connectivity index (χ4n) is 4.55. The highest BCUT2D eigenvalue weighted by Gasteiger charge is 2.48. The second-order valence-corrected chi connectivity index (χ2v) is 12.8. The summed E-state index contributed by atoms with van der Waals surface area (Å²) in [4.78, 5) is 23.5. The lowest BCUT2D eigenvalue weighted by Crippen LogP contribution is -2.53. The Morgan fingerprint density at radius 1 is 0.600 bits per heavy atom. The van der Waals surface area contributed by atoms with Crippen LogP contribution in [0.1, 0.15) is 74.1 Å². The first-order valence-electron chi connectivity index (χ1n) is 16.2. The van der Waals surface area contributed by atoms with Crippen molar-refractivity contribution in [1.29, 1.82) is 0 Å². The molecule has 0 aromatic heterocycles. The van der Waals surface area contributed by atoms with Crippen LogP contribution in [-0.4, -0.2) is 126 Å². The van der Waals surface area contributed by atoms with E-state index in [-0.39, 0.29) is 36.6 Å². The zero-order chi connectivity index (χ0) is 34.0. The summed E-state index contributed by atoms with van der Waals surface area (Å²) in [5.41, 5.74) is -1.39. The normalized spacial score (nSPS) is 12.8. The molecule has 1 atom stereocenters. The molecule has 0 bridgehead atoms. The minimum atomic E-state index is -0.855. The second-order valence-electron chi connectivity index (χ2n) is 12.8. The van der Waals surface area contributed by atoms with Gasteiger partial charge in [-0.25, -0.2) is 0 Å². The lowest BCUT2D eigenvalue weighted by Gasteiger charge is -2.49. The van der Waals surface area contributed by atoms with E-state index in [4.69, 9.17) is 28.4 Å². The molecule has 45 heavy (non-hydrogen) atoms. The molecular formula is C33H62N2O10. The van der Waals surface area contributed by atoms with Crippen molar-refractivity contribution in [3.8, 4) is 11.8 Å². The molecule has 2 amide bonds. The highest BCUT2D eigenvalue weighted by Crippen LogP contribution is 2.46. The number of hydrogen-bond donors (Lipinski definition) is 4. The molecule has 0 aromatic rings. The fraction of sp³-hybridized carbons (Fsp3) is 0.879. The Labute approximate surface area is 271 Å². The van der Waals surface area contributed by atoms with Crippen molar-refractivity contribution < 1.29 is 48.2 Å². The van der Waals surface area contributed by atoms with Crippen LogP contribution in [0.2, 0.25) is 0 Å². The summed E-state index contributed by atoms with van der Waals surface area (Å²) in [6.07, 6.45) is 2.61. The topological polar surface area (TPSA) is 154 Å². The second kappa shape index (κ2) is 25.3. The van der Waals surface area contributed by atoms with Gasteiger partial charge in [-0.2, -0.15) is 0 Å². The molecule has 4 N–H and O–H groups in total. The van der Waals surface area contributed by atoms with Gasteiger partial charge in [0.25, 0.3) is 11.8 Å². The quantitative estimate of drug-likeness (QED) is 0.0812. The van der Waals surface area contributed by atoms with Crippen LogP contribution in [0.15, 0.2) is 0 Å². The van der Waals surface area contributed by atoms with E-state index < -0.39 is 17.4 Å². The molecule has 0 spiro atoms. The van der Waals surface area contributed by atoms with Crippen molar-refractivity contribution in [3.63, 3.8) is 0 Å². The Balaban J connectivity index is 3.63. The summed E-state index contributed by atoms with van der Waals surface area (Å²) in [6.45, 7) is 19.7. The van der Waals surface area contributed by atoms with Crippen LogP contribution >= 0.6 is 0 Å². The van der Waals surface area contributed by atoms with Gasteiger partial charge >= 0.3 is 0 Å². The Bertz CT molecular complexity index is 816. The van der Waals surface area contributed by atoms with Crippen LogP contribution in [0.25, 0.3) is 0 Å². The number of rotatable bonds is 26. The fourth-order valence-corrected chi connectivity index (χ4v) is 4.55. The van der Waals surface area contributed by atoms with Crippen LogP contribution < -0.4 is 10.6 Å². The molecule has 12 nitrogen and oxygen atoms in total. The lowest BCUT2D eigenvalue weighted by molar-refractivity contribution is -0.152. The third kappa shape index (κ3) is 22.4. The number of ether oxygens (including phenoxy) is 6. The number of aliphatic hydroxyl groups is 2. The van der Waals surface area contributed by atoms with Crippen molar-refractivity contribution in [3.05, 3.63) is 0 Å². The Hall–Kier alpha value is -1.82. The number of carbonyl (C=O) groups excluding carboxylic acids is 2. The van der Waals surface area contributed by atoms with Crippen LogP contribution in [0.3, 0.4) is 0 Å². The van der Waals surface area contributed by atoms with Gasteiger partial charge in [0.1, 0.15) is 0 Å². The van der Waals surface area contributed by atoms with Gasteiger partial charge in [-0.05, 0) is 23.7 Å². The van der Waals surface area contributed by atoms with E-state index in [2.05, 4.69) is 22.5 Å². The predicted molar refractivity (Wildman–Crippen MR) is 173 cm³/mol. The molecule has 0 saturated carbocycles. The maximum absolute atomic E-state index is 11.8. The summed E-state index contributed by atoms with van der Waals surface area (Å²) in [5.74, 6) is 3.34. The van der Waals surface area contributed by atoms with E-state index in [0.29, 0.717) is 85.5 Å². The first-order chi connectivity index (χ1) is 21.2. The van der Waals surface area contributed by atoms with Gasteiger partial charge in [0.15, 0.2) is 0 Å². The van der Waals surface area contributed by atoms with Crippen LogP contribution in [0.4, 0.5) is 0 Å². The van der Waals surface area contributed by atoms with Gasteiger partial charge in [-0.3, -0.25) is 9.59 Å². The molecule has 1 unspecified atom stereocenters. The van der Waals surface area contributed by atoms with E-state index in [1.54, 1.807) is 0 Å². The predicted octanol–water partition coefficient (Wildman–Crippen LogP) is 2.09. The van der Waals surface area contributed by atoms with E-state index >= 15 is 0 Å². The lowest BCUT2D eigenvalue weighted by atomic mass is 9.61. The number of amides is 2. The Morgan fingerprint density at radius 3 is 1.33 bits per heavy atom. The highest BCUT2D eigenvalue weighted by molar-refractivity contribution is 6.02. The highest BCUT2D eigenvalue weighted by atomic mass is 16.5. The van der Waals surface area contributed by atoms with E-state index in [1.165, 1.54) is 0 Å². The summed E-state index contributed by atoms with van der Waals surface area (Å²) in [7, 11) is 0. The molecule has 0 aliphatic carbocycles. The summed E-state index contributed by atoms with van der Waals surface area (Å²) >= 11 is 0. The van der Waals surface area contributed by atoms with E-state index in [1.807, 2.05) is 48.5 Å². The van der Waals surface area contributed by atoms with Gasteiger partial charge in [-0.15, -0.1) is 0 Å². The largest absolute Gasteiger partial charge is 0.393 e. The monoisotopic (exact) mass is 646 g/mol. The van der Waals surface area contributed by atoms with Crippen molar-refractivity contribution in [1.82, 2.24) is 10.6 Å². The molecular weight excluding hydrogens is 584 g/mol. The summed E-state index contributed by atoms with van der Waals surface area (Å²) < 4.78 is 32.7. The molecule has 0 aromatic carbocycles. The molecule has 0 rings (SSSR count). The smallest absolute Gasteiger partial charge is 0.296 e. The van der Waals surface area contributed by atoms with Crippen LogP contribution in [0.5, 0.6) is 0 Å². The van der Waals surface area contributed by atoms with Gasteiger partial charge in [0, 0.05) is 44.6 Å². The van der Waals surface area contributed by atoms with Gasteiger partial charge in [-0.1, -0.05) is 54.9 Å². The van der Waals surface area contributed by atoms with Crippen molar-refractivity contribution in [2.24, 2.45) is 10.8 Å². The Morgan fingerprint density at radius 2 is 0.956 bits per heavy atom. The number of nitrogens with one attached hydrogen (secondary N) is 2. The first kappa shape index (κ1) is 43.2. The third-order valence-electron chi connectivity index (χ3n) is 7.15. The summed E-state index contributed by atoms with van der Waals surface area (Å²) in [6, 6.07) is 0. The number of hydrogen-bond acceptors (Lipinski definition) is 10. The standard InChI is InChI=1S/C33H62N2O10/c1-8-9-28(36)12-16-40-20-24-44-26-22-42-18-14-34-29(37)10-11-30(38)35-15-19-43-23-27-45-25-21-41-17-13-33(39,31(2,3)4)32(5,6)7/h28,36,39H,8-9,12-27H2,1-7H3,(H,34,37)(H,35,38). The molecule has 0 radical (unpaired) electrons. The number of aliphatic hydroxyl groups excluding tert-OH is 1. The molecule has 0 heterocycles. The number of carbonyl (C=O) groups is 2. The van der Waals surface area contributed by atoms with Gasteiger partial charge in [0.05, 0.1) is 77.8 Å². The van der Waals surface area contributed by atoms with Crippen molar-refractivity contribution >= 4 is 11.8 Å². The molecule has 264 valence electrons. The molecule has 0 aliphatic heterocycles. The average molecular weight is 647 g/mol. The molecule has 0 saturated heterocycles. The van der Waals surface area contributed by atoms with Gasteiger partial charge in [0.2, 0.25) is 0 Å². The Kier molecular flexibility index (Phi) is 24.3. The zero-order valence-electron chi connectivity index (χ0n) is 29.0. The first-order valence-corrected chi connectivity index (χ1v) is 16.2. The summed E-state index contributed by atoms with van der Waals surface area (Å²) in [5, 5.41) is 26.0. The minimum Gasteiger partial charge on any atom is -0.393 e. The average Bonchev–Trinajstić information content (AvgIpc) is 2.96. The van der Waals surface area contributed by atoms with Gasteiger partial charge < -0.3 is 49.3 Å². The third-order valence-corrected chi connectivity index (χ3v) is 7.15. The van der Waals surface area contributed by atoms with Crippen LogP contribution in [-0.2, 0) is 38.0 Å². The van der Waals surface area contributed by atoms with E-state index in [9.17, 15) is 19.8 Å². The minimum absolute atomic E-state index is 0.257. The molecule has 0 aliphatic rings. The van der Waals surface area contributed by atoms with Crippen molar-refractivity contribution in [2.75, 3.05) is 92.4 Å². The molecule has 0 fully saturated rings. The zero-order valence-corrected chi connectivity index (χ0v) is 29.0. The maximum atomic E-state index is 11.8. The van der Waals surface area contributed by atoms with E-state index in [0.717, 1.165) is 12.8 Å². The molecule has 12 heteroatoms.